The van der Waals surface area contributed by atoms with Crippen molar-refractivity contribution in [2.75, 3.05) is 0 Å². The second kappa shape index (κ2) is 9.17. The molecular formula is C17H32N2. The minimum atomic E-state index is 0.276. The maximum absolute atomic E-state index is 4.24. The Morgan fingerprint density at radius 3 is 1.89 bits per heavy atom. The van der Waals surface area contributed by atoms with Crippen LogP contribution in [-0.2, 0) is 5.54 Å². The number of rotatable bonds is 11. The standard InChI is InChI=1S/C17H32N2/c1-4-6-8-10-12-17(3,13-11-9-7-5-2)19-15-14-18-16-19/h14-16H,4-13H2,1-3H3. The number of unbranched alkanes of at least 4 members (excludes halogenated alkanes) is 6. The van der Waals surface area contributed by atoms with Gasteiger partial charge in [0.25, 0.3) is 0 Å². The fourth-order valence-electron chi connectivity index (χ4n) is 2.83. The molecule has 0 atom stereocenters. The second-order valence-corrected chi connectivity index (χ2v) is 6.09. The molecule has 110 valence electrons. The van der Waals surface area contributed by atoms with Crippen molar-refractivity contribution < 1.29 is 0 Å². The van der Waals surface area contributed by atoms with E-state index in [0.717, 1.165) is 0 Å². The zero-order valence-corrected chi connectivity index (χ0v) is 13.2. The predicted molar refractivity (Wildman–Crippen MR) is 83.4 cm³/mol. The van der Waals surface area contributed by atoms with Crippen molar-refractivity contribution in [1.82, 2.24) is 9.55 Å². The number of hydrogen-bond donors (Lipinski definition) is 0. The normalized spacial score (nSPS) is 11.9. The molecule has 2 nitrogen and oxygen atoms in total. The SMILES string of the molecule is CCCCCCC(C)(CCCCCC)n1ccnc1. The summed E-state index contributed by atoms with van der Waals surface area (Å²) in [7, 11) is 0. The van der Waals surface area contributed by atoms with Crippen LogP contribution in [0.25, 0.3) is 0 Å². The summed E-state index contributed by atoms with van der Waals surface area (Å²) in [6, 6.07) is 0. The van der Waals surface area contributed by atoms with E-state index in [1.807, 2.05) is 12.5 Å². The maximum atomic E-state index is 4.24. The number of hydrogen-bond acceptors (Lipinski definition) is 1. The van der Waals surface area contributed by atoms with Gasteiger partial charge in [-0.3, -0.25) is 0 Å². The first-order chi connectivity index (χ1) is 9.23. The van der Waals surface area contributed by atoms with Crippen molar-refractivity contribution >= 4 is 0 Å². The zero-order valence-electron chi connectivity index (χ0n) is 13.2. The Labute approximate surface area is 119 Å². The quantitative estimate of drug-likeness (QED) is 0.480. The molecule has 0 aromatic carbocycles. The molecule has 19 heavy (non-hydrogen) atoms. The van der Waals surface area contributed by atoms with Gasteiger partial charge in [-0.15, -0.1) is 0 Å². The van der Waals surface area contributed by atoms with Crippen LogP contribution in [0.2, 0.25) is 0 Å². The van der Waals surface area contributed by atoms with Crippen molar-refractivity contribution in [2.45, 2.75) is 90.5 Å². The van der Waals surface area contributed by atoms with E-state index in [-0.39, 0.29) is 5.54 Å². The second-order valence-electron chi connectivity index (χ2n) is 6.09. The molecule has 0 aliphatic rings. The summed E-state index contributed by atoms with van der Waals surface area (Å²) in [5.41, 5.74) is 0.276. The van der Waals surface area contributed by atoms with Crippen molar-refractivity contribution in [3.63, 3.8) is 0 Å². The Hall–Kier alpha value is -0.790. The Morgan fingerprint density at radius 2 is 1.47 bits per heavy atom. The molecule has 0 saturated heterocycles. The molecule has 0 bridgehead atoms. The van der Waals surface area contributed by atoms with Gasteiger partial charge in [0.1, 0.15) is 0 Å². The van der Waals surface area contributed by atoms with E-state index in [1.54, 1.807) is 0 Å². The van der Waals surface area contributed by atoms with Crippen LogP contribution < -0.4 is 0 Å². The smallest absolute Gasteiger partial charge is 0.0951 e. The van der Waals surface area contributed by atoms with Crippen LogP contribution >= 0.6 is 0 Å². The molecule has 1 aromatic rings. The summed E-state index contributed by atoms with van der Waals surface area (Å²) >= 11 is 0. The average Bonchev–Trinajstić information content (AvgIpc) is 2.95. The highest BCUT2D eigenvalue weighted by molar-refractivity contribution is 4.89. The van der Waals surface area contributed by atoms with Crippen molar-refractivity contribution in [3.05, 3.63) is 18.7 Å². The molecule has 0 aliphatic heterocycles. The predicted octanol–water partition coefficient (Wildman–Crippen LogP) is 5.54. The van der Waals surface area contributed by atoms with Crippen molar-refractivity contribution in [1.29, 1.82) is 0 Å². The number of nitrogens with zero attached hydrogens (tertiary/aromatic N) is 2. The Bertz CT molecular complexity index is 291. The highest BCUT2D eigenvalue weighted by Gasteiger charge is 2.24. The lowest BCUT2D eigenvalue weighted by molar-refractivity contribution is 0.250. The third-order valence-corrected chi connectivity index (χ3v) is 4.27. The summed E-state index contributed by atoms with van der Waals surface area (Å²) in [5.74, 6) is 0. The number of imidazole rings is 1. The summed E-state index contributed by atoms with van der Waals surface area (Å²) in [6.07, 6.45) is 19.4. The van der Waals surface area contributed by atoms with Crippen LogP contribution in [0.1, 0.15) is 85.0 Å². The van der Waals surface area contributed by atoms with E-state index in [2.05, 4.69) is 36.5 Å². The molecule has 2 heteroatoms. The molecule has 0 amide bonds. The fourth-order valence-corrected chi connectivity index (χ4v) is 2.83. The fraction of sp³-hybridized carbons (Fsp3) is 0.824. The highest BCUT2D eigenvalue weighted by Crippen LogP contribution is 2.30. The van der Waals surface area contributed by atoms with Gasteiger partial charge < -0.3 is 4.57 Å². The Kier molecular flexibility index (Phi) is 7.85. The summed E-state index contributed by atoms with van der Waals surface area (Å²) in [5, 5.41) is 0. The van der Waals surface area contributed by atoms with Crippen LogP contribution in [0.15, 0.2) is 18.7 Å². The third kappa shape index (κ3) is 5.80. The van der Waals surface area contributed by atoms with E-state index in [0.29, 0.717) is 0 Å². The van der Waals surface area contributed by atoms with Crippen molar-refractivity contribution in [2.24, 2.45) is 0 Å². The van der Waals surface area contributed by atoms with Gasteiger partial charge in [-0.2, -0.15) is 0 Å². The van der Waals surface area contributed by atoms with Crippen molar-refractivity contribution in [3.8, 4) is 0 Å². The van der Waals surface area contributed by atoms with Gasteiger partial charge in [0, 0.05) is 17.9 Å². The summed E-state index contributed by atoms with van der Waals surface area (Å²) in [4.78, 5) is 4.24. The molecule has 0 N–H and O–H groups in total. The van der Waals surface area contributed by atoms with E-state index in [4.69, 9.17) is 0 Å². The molecule has 0 unspecified atom stereocenters. The molecule has 0 aliphatic carbocycles. The molecular weight excluding hydrogens is 232 g/mol. The third-order valence-electron chi connectivity index (χ3n) is 4.27. The maximum Gasteiger partial charge on any atom is 0.0951 e. The Morgan fingerprint density at radius 1 is 0.895 bits per heavy atom. The van der Waals surface area contributed by atoms with E-state index in [9.17, 15) is 0 Å². The molecule has 0 radical (unpaired) electrons. The lowest BCUT2D eigenvalue weighted by atomic mass is 9.88. The molecule has 0 fully saturated rings. The Balaban J connectivity index is 2.47. The largest absolute Gasteiger partial charge is 0.332 e. The minimum Gasteiger partial charge on any atom is -0.332 e. The first kappa shape index (κ1) is 16.3. The lowest BCUT2D eigenvalue weighted by Crippen LogP contribution is -2.29. The molecule has 1 aromatic heterocycles. The summed E-state index contributed by atoms with van der Waals surface area (Å²) in [6.45, 7) is 6.96. The van der Waals surface area contributed by atoms with E-state index in [1.165, 1.54) is 64.2 Å². The minimum absolute atomic E-state index is 0.276. The molecule has 1 rings (SSSR count). The van der Waals surface area contributed by atoms with Gasteiger partial charge in [0.05, 0.1) is 6.33 Å². The first-order valence-corrected chi connectivity index (χ1v) is 8.21. The topological polar surface area (TPSA) is 17.8 Å². The monoisotopic (exact) mass is 264 g/mol. The average molecular weight is 264 g/mol. The van der Waals surface area contributed by atoms with E-state index >= 15 is 0 Å². The lowest BCUT2D eigenvalue weighted by Gasteiger charge is -2.31. The van der Waals surface area contributed by atoms with Crippen LogP contribution in [0, 0.1) is 0 Å². The number of aromatic nitrogens is 2. The van der Waals surface area contributed by atoms with Crippen LogP contribution in [0.4, 0.5) is 0 Å². The molecule has 1 heterocycles. The van der Waals surface area contributed by atoms with Gasteiger partial charge in [-0.05, 0) is 19.8 Å². The highest BCUT2D eigenvalue weighted by atomic mass is 15.1. The van der Waals surface area contributed by atoms with Gasteiger partial charge >= 0.3 is 0 Å². The van der Waals surface area contributed by atoms with Crippen LogP contribution in [0.5, 0.6) is 0 Å². The summed E-state index contributed by atoms with van der Waals surface area (Å²) < 4.78 is 2.34. The van der Waals surface area contributed by atoms with E-state index < -0.39 is 0 Å². The first-order valence-electron chi connectivity index (χ1n) is 8.21. The molecule has 0 spiro atoms. The molecule has 0 saturated carbocycles. The van der Waals surface area contributed by atoms with Crippen LogP contribution in [-0.4, -0.2) is 9.55 Å². The van der Waals surface area contributed by atoms with Gasteiger partial charge in [0.2, 0.25) is 0 Å². The van der Waals surface area contributed by atoms with Gasteiger partial charge in [0.15, 0.2) is 0 Å². The zero-order chi connectivity index (χ0) is 14.0. The van der Waals surface area contributed by atoms with Crippen LogP contribution in [0.3, 0.4) is 0 Å². The van der Waals surface area contributed by atoms with Gasteiger partial charge in [-0.1, -0.05) is 65.2 Å². The van der Waals surface area contributed by atoms with Gasteiger partial charge in [-0.25, -0.2) is 4.98 Å².